The van der Waals surface area contributed by atoms with Gasteiger partial charge in [-0.2, -0.15) is 32.2 Å². The number of fused-ring (bicyclic) bond motifs is 1. The molecular formula is C23H30F3NO6S2. The monoisotopic (exact) mass is 537 g/mol. The number of benzene rings is 2. The maximum absolute atomic E-state index is 13.0. The van der Waals surface area contributed by atoms with Gasteiger partial charge in [0, 0.05) is 17.2 Å². The molecule has 3 N–H and O–H groups in total. The molecule has 0 aromatic heterocycles. The highest BCUT2D eigenvalue weighted by Crippen LogP contribution is 2.59. The first-order chi connectivity index (χ1) is 16.3. The van der Waals surface area contributed by atoms with Crippen LogP contribution in [-0.4, -0.2) is 41.4 Å². The number of hydrogen-bond donors (Lipinski definition) is 3. The van der Waals surface area contributed by atoms with E-state index in [1.807, 2.05) is 13.8 Å². The van der Waals surface area contributed by atoms with Crippen LogP contribution in [0.5, 0.6) is 11.5 Å². The van der Waals surface area contributed by atoms with E-state index in [9.17, 15) is 30.7 Å². The van der Waals surface area contributed by atoms with E-state index < -0.39 is 43.5 Å². The fraction of sp³-hybridized carbons (Fsp3) is 0.478. The van der Waals surface area contributed by atoms with Gasteiger partial charge < -0.3 is 8.92 Å². The number of ether oxygens (including phenoxy) is 1. The van der Waals surface area contributed by atoms with Crippen LogP contribution in [0.2, 0.25) is 0 Å². The fourth-order valence-electron chi connectivity index (χ4n) is 4.29. The van der Waals surface area contributed by atoms with Gasteiger partial charge in [0.1, 0.15) is 0 Å². The molecule has 0 aliphatic carbocycles. The zero-order valence-electron chi connectivity index (χ0n) is 19.6. The summed E-state index contributed by atoms with van der Waals surface area (Å²) in [6.07, 6.45) is 2.89. The molecule has 7 nitrogen and oxygen atoms in total. The molecule has 1 aliphatic heterocycles. The number of alkyl halides is 3. The number of unbranched alkanes of at least 4 members (excludes halogenated alkanes) is 1. The molecule has 12 heteroatoms. The van der Waals surface area contributed by atoms with E-state index in [1.165, 1.54) is 0 Å². The van der Waals surface area contributed by atoms with Gasteiger partial charge in [0.05, 0.1) is 23.8 Å². The van der Waals surface area contributed by atoms with Crippen LogP contribution in [0.3, 0.4) is 0 Å². The lowest BCUT2D eigenvalue weighted by atomic mass is 9.88. The minimum Gasteiger partial charge on any atom is -0.493 e. The zero-order valence-corrected chi connectivity index (χ0v) is 21.3. The van der Waals surface area contributed by atoms with Crippen LogP contribution in [0.1, 0.15) is 56.7 Å². The Hall–Kier alpha value is -1.99. The third-order valence-electron chi connectivity index (χ3n) is 6.19. The summed E-state index contributed by atoms with van der Waals surface area (Å²) in [7, 11) is -8.32. The molecule has 0 amide bonds. The number of halogens is 3. The van der Waals surface area contributed by atoms with E-state index in [4.69, 9.17) is 4.74 Å². The van der Waals surface area contributed by atoms with Gasteiger partial charge in [0.15, 0.2) is 11.5 Å². The molecular weight excluding hydrogens is 507 g/mol. The van der Waals surface area contributed by atoms with Crippen LogP contribution in [0.25, 0.3) is 0 Å². The molecule has 1 aliphatic rings. The van der Waals surface area contributed by atoms with Crippen molar-refractivity contribution in [3.8, 4) is 11.5 Å². The predicted octanol–water partition coefficient (Wildman–Crippen LogP) is 6.06. The Morgan fingerprint density at radius 1 is 1.14 bits per heavy atom. The Morgan fingerprint density at radius 2 is 1.80 bits per heavy atom. The van der Waals surface area contributed by atoms with Crippen LogP contribution < -0.4 is 14.2 Å². The Bertz CT molecular complexity index is 1140. The lowest BCUT2D eigenvalue weighted by Crippen LogP contribution is -2.49. The first-order valence-corrected chi connectivity index (χ1v) is 14.2. The molecule has 0 radical (unpaired) electrons. The average molecular weight is 538 g/mol. The summed E-state index contributed by atoms with van der Waals surface area (Å²) in [4.78, 5) is 0.0688. The lowest BCUT2D eigenvalue weighted by molar-refractivity contribution is -0.0500. The summed E-state index contributed by atoms with van der Waals surface area (Å²) in [6.45, 7) is 3.96. The Kier molecular flexibility index (Phi) is 8.02. The Balaban J connectivity index is 2.27. The van der Waals surface area contributed by atoms with Crippen LogP contribution in [0.15, 0.2) is 47.4 Å². The molecule has 0 bridgehead atoms. The molecule has 35 heavy (non-hydrogen) atoms. The summed E-state index contributed by atoms with van der Waals surface area (Å²) in [5, 5.41) is 3.53. The van der Waals surface area contributed by atoms with Crippen molar-refractivity contribution in [1.82, 2.24) is 5.32 Å². The lowest BCUT2D eigenvalue weighted by Gasteiger charge is -2.42. The van der Waals surface area contributed by atoms with E-state index >= 15 is 0 Å². The van der Waals surface area contributed by atoms with E-state index in [0.29, 0.717) is 12.8 Å². The first-order valence-electron chi connectivity index (χ1n) is 11.1. The molecule has 0 saturated carbocycles. The second kappa shape index (κ2) is 10.2. The molecule has 0 fully saturated rings. The molecule has 1 heterocycles. The molecule has 0 saturated heterocycles. The summed E-state index contributed by atoms with van der Waals surface area (Å²) < 4.78 is 94.8. The van der Waals surface area contributed by atoms with Crippen molar-refractivity contribution in [3.63, 3.8) is 0 Å². The molecule has 196 valence electrons. The third kappa shape index (κ3) is 5.72. The number of methoxy groups -OCH3 is 1. The topological polar surface area (TPSA) is 105 Å². The van der Waals surface area contributed by atoms with Gasteiger partial charge >= 0.3 is 15.6 Å². The van der Waals surface area contributed by atoms with E-state index in [0.717, 1.165) is 37.6 Å². The zero-order chi connectivity index (χ0) is 26.1. The molecule has 2 atom stereocenters. The molecule has 0 spiro atoms. The van der Waals surface area contributed by atoms with Gasteiger partial charge in [-0.25, -0.2) is 0 Å². The average Bonchev–Trinajstić information content (AvgIpc) is 2.89. The SMILES string of the molecule is CCCC[C@]1(CC)CS(O)(O)c2cc(OC)c(OS(=O)(=O)C(F)(F)F)cc2[C@@H](c2ccccc2)N1. The molecule has 0 unspecified atom stereocenters. The van der Waals surface area contributed by atoms with Crippen LogP contribution in [0, 0.1) is 0 Å². The maximum atomic E-state index is 13.0. The number of hydrogen-bond acceptors (Lipinski definition) is 7. The third-order valence-corrected chi connectivity index (χ3v) is 9.17. The van der Waals surface area contributed by atoms with Crippen LogP contribution >= 0.6 is 10.6 Å². The first kappa shape index (κ1) is 27.6. The van der Waals surface area contributed by atoms with Crippen molar-refractivity contribution in [2.24, 2.45) is 0 Å². The summed E-state index contributed by atoms with van der Waals surface area (Å²) in [5.41, 5.74) is -5.42. The van der Waals surface area contributed by atoms with Gasteiger partial charge in [0.2, 0.25) is 0 Å². The highest BCUT2D eigenvalue weighted by Gasteiger charge is 2.49. The van der Waals surface area contributed by atoms with Crippen LogP contribution in [0.4, 0.5) is 13.2 Å². The van der Waals surface area contributed by atoms with E-state index in [2.05, 4.69) is 9.50 Å². The normalized spacial score (nSPS) is 23.1. The van der Waals surface area contributed by atoms with Crippen molar-refractivity contribution in [1.29, 1.82) is 0 Å². The van der Waals surface area contributed by atoms with E-state index in [-0.39, 0.29) is 22.0 Å². The van der Waals surface area contributed by atoms with Crippen molar-refractivity contribution in [3.05, 3.63) is 53.6 Å². The minimum atomic E-state index is -5.99. The highest BCUT2D eigenvalue weighted by atomic mass is 32.3. The fourth-order valence-corrected chi connectivity index (χ4v) is 6.96. The number of nitrogens with one attached hydrogen (secondary N) is 1. The smallest absolute Gasteiger partial charge is 0.493 e. The minimum absolute atomic E-state index is 0.0168. The molecule has 2 aromatic rings. The van der Waals surface area contributed by atoms with Gasteiger partial charge in [-0.05, 0) is 24.5 Å². The quantitative estimate of drug-likeness (QED) is 0.277. The van der Waals surface area contributed by atoms with Crippen molar-refractivity contribution < 1.29 is 39.6 Å². The van der Waals surface area contributed by atoms with Crippen molar-refractivity contribution in [2.75, 3.05) is 12.9 Å². The Morgan fingerprint density at radius 3 is 2.34 bits per heavy atom. The van der Waals surface area contributed by atoms with Gasteiger partial charge in [-0.15, -0.1) is 0 Å². The van der Waals surface area contributed by atoms with Crippen molar-refractivity contribution >= 4 is 20.7 Å². The number of rotatable bonds is 8. The van der Waals surface area contributed by atoms with Gasteiger partial charge in [-0.3, -0.25) is 14.4 Å². The second-order valence-corrected chi connectivity index (χ2v) is 12.2. The second-order valence-electron chi connectivity index (χ2n) is 8.56. The standard InChI is InChI=1S/C23H30F3NO6S2/c1-4-6-12-22(5-2)15-34(28,29)20-14-18(32-3)19(33-35(30,31)23(24,25)26)13-17(20)21(27-22)16-10-8-7-9-11-16/h7-11,13-14,21,27-29H,4-6,12,15H2,1-3H3/t21-,22-/m1/s1. The molecule has 2 aromatic carbocycles. The van der Waals surface area contributed by atoms with Crippen molar-refractivity contribution in [2.45, 2.75) is 61.5 Å². The maximum Gasteiger partial charge on any atom is 0.534 e. The van der Waals surface area contributed by atoms with Crippen LogP contribution in [-0.2, 0) is 10.1 Å². The molecule has 3 rings (SSSR count). The van der Waals surface area contributed by atoms with Gasteiger partial charge in [-0.1, -0.05) is 57.0 Å². The largest absolute Gasteiger partial charge is 0.534 e. The predicted molar refractivity (Wildman–Crippen MR) is 129 cm³/mol. The summed E-state index contributed by atoms with van der Waals surface area (Å²) in [6, 6.07) is 10.5. The van der Waals surface area contributed by atoms with Gasteiger partial charge in [0.25, 0.3) is 0 Å². The summed E-state index contributed by atoms with van der Waals surface area (Å²) >= 11 is 0. The van der Waals surface area contributed by atoms with E-state index in [1.54, 1.807) is 30.3 Å². The Labute approximate surface area is 205 Å². The summed E-state index contributed by atoms with van der Waals surface area (Å²) in [5.74, 6) is -1.07. The highest BCUT2D eigenvalue weighted by molar-refractivity contribution is 8.24.